The number of anilines is 1. The van der Waals surface area contributed by atoms with E-state index in [1.165, 1.54) is 0 Å². The Balaban J connectivity index is 2.34. The Bertz CT molecular complexity index is 371. The van der Waals surface area contributed by atoms with E-state index in [9.17, 15) is 4.79 Å². The van der Waals surface area contributed by atoms with Gasteiger partial charge >= 0.3 is 0 Å². The first-order chi connectivity index (χ1) is 8.49. The molecule has 0 radical (unpaired) electrons. The van der Waals surface area contributed by atoms with E-state index < -0.39 is 0 Å². The van der Waals surface area contributed by atoms with E-state index in [1.54, 1.807) is 0 Å². The predicted molar refractivity (Wildman–Crippen MR) is 76.3 cm³/mol. The highest BCUT2D eigenvalue weighted by atomic mass is 16.2. The molecule has 3 nitrogen and oxygen atoms in total. The average molecular weight is 248 g/mol. The fourth-order valence-electron chi connectivity index (χ4n) is 1.70. The van der Waals surface area contributed by atoms with Crippen molar-refractivity contribution in [2.75, 3.05) is 19.3 Å². The first-order valence-electron chi connectivity index (χ1n) is 6.57. The number of hydrogen-bond acceptors (Lipinski definition) is 2. The second-order valence-electron chi connectivity index (χ2n) is 5.24. The molecule has 1 amide bonds. The van der Waals surface area contributed by atoms with Crippen molar-refractivity contribution in [1.82, 2.24) is 4.90 Å². The second-order valence-corrected chi connectivity index (χ2v) is 5.24. The lowest BCUT2D eigenvalue weighted by Gasteiger charge is -2.18. The highest BCUT2D eigenvalue weighted by molar-refractivity contribution is 5.76. The Morgan fingerprint density at radius 2 is 1.89 bits per heavy atom. The molecule has 0 aliphatic rings. The Labute approximate surface area is 110 Å². The molecule has 0 saturated carbocycles. The lowest BCUT2D eigenvalue weighted by molar-refractivity contribution is -0.130. The third-order valence-corrected chi connectivity index (χ3v) is 3.07. The van der Waals surface area contributed by atoms with Crippen LogP contribution >= 0.6 is 0 Å². The normalized spacial score (nSPS) is 10.7. The van der Waals surface area contributed by atoms with Gasteiger partial charge in [-0.1, -0.05) is 26.0 Å². The van der Waals surface area contributed by atoms with Crippen molar-refractivity contribution in [1.29, 1.82) is 0 Å². The molecule has 0 saturated heterocycles. The number of carbonyl (C=O) groups is 1. The predicted octanol–water partition coefficient (Wildman–Crippen LogP) is 2.71. The van der Waals surface area contributed by atoms with E-state index in [0.717, 1.165) is 30.6 Å². The summed E-state index contributed by atoms with van der Waals surface area (Å²) in [5.74, 6) is 0.852. The molecule has 1 aromatic rings. The molecule has 0 spiro atoms. The van der Waals surface area contributed by atoms with Gasteiger partial charge in [-0.15, -0.1) is 0 Å². The van der Waals surface area contributed by atoms with Gasteiger partial charge in [0.15, 0.2) is 0 Å². The average Bonchev–Trinajstić information content (AvgIpc) is 2.34. The molecular formula is C15H24N2O. The van der Waals surface area contributed by atoms with E-state index in [1.807, 2.05) is 36.2 Å². The maximum atomic E-state index is 11.9. The summed E-state index contributed by atoms with van der Waals surface area (Å²) in [4.78, 5) is 13.7. The Morgan fingerprint density at radius 1 is 1.28 bits per heavy atom. The van der Waals surface area contributed by atoms with Crippen molar-refractivity contribution in [3.05, 3.63) is 29.8 Å². The number of carbonyl (C=O) groups excluding carboxylic acids is 1. The molecule has 0 aromatic heterocycles. The minimum Gasteiger partial charge on any atom is -0.399 e. The van der Waals surface area contributed by atoms with Crippen molar-refractivity contribution in [2.24, 2.45) is 5.92 Å². The molecule has 100 valence electrons. The number of rotatable bonds is 6. The zero-order valence-corrected chi connectivity index (χ0v) is 11.6. The van der Waals surface area contributed by atoms with Gasteiger partial charge in [-0.25, -0.2) is 0 Å². The van der Waals surface area contributed by atoms with Crippen LogP contribution in [-0.4, -0.2) is 24.4 Å². The molecule has 0 bridgehead atoms. The molecule has 18 heavy (non-hydrogen) atoms. The van der Waals surface area contributed by atoms with Crippen molar-refractivity contribution in [3.63, 3.8) is 0 Å². The zero-order valence-electron chi connectivity index (χ0n) is 11.6. The van der Waals surface area contributed by atoms with Crippen LogP contribution in [0.4, 0.5) is 5.69 Å². The van der Waals surface area contributed by atoms with E-state index in [2.05, 4.69) is 13.8 Å². The van der Waals surface area contributed by atoms with Crippen LogP contribution in [0.3, 0.4) is 0 Å². The summed E-state index contributed by atoms with van der Waals surface area (Å²) in [6.45, 7) is 5.19. The molecule has 0 unspecified atom stereocenters. The second kappa shape index (κ2) is 7.04. The molecule has 1 aromatic carbocycles. The molecule has 0 fully saturated rings. The van der Waals surface area contributed by atoms with Crippen LogP contribution in [0.1, 0.15) is 32.3 Å². The molecule has 2 N–H and O–H groups in total. The van der Waals surface area contributed by atoms with Crippen molar-refractivity contribution in [3.8, 4) is 0 Å². The third-order valence-electron chi connectivity index (χ3n) is 3.07. The molecule has 0 atom stereocenters. The van der Waals surface area contributed by atoms with Crippen LogP contribution in [0.25, 0.3) is 0 Å². The summed E-state index contributed by atoms with van der Waals surface area (Å²) in [7, 11) is 1.88. The van der Waals surface area contributed by atoms with Crippen LogP contribution in [0.2, 0.25) is 0 Å². The maximum absolute atomic E-state index is 11.9. The van der Waals surface area contributed by atoms with Gasteiger partial charge in [0.05, 0.1) is 0 Å². The molecule has 3 heteroatoms. The Hall–Kier alpha value is -1.51. The highest BCUT2D eigenvalue weighted by Crippen LogP contribution is 2.09. The van der Waals surface area contributed by atoms with Gasteiger partial charge in [-0.3, -0.25) is 4.79 Å². The lowest BCUT2D eigenvalue weighted by atomic mass is 10.1. The van der Waals surface area contributed by atoms with E-state index >= 15 is 0 Å². The van der Waals surface area contributed by atoms with Gasteiger partial charge in [0.2, 0.25) is 5.91 Å². The summed E-state index contributed by atoms with van der Waals surface area (Å²) >= 11 is 0. The molecule has 1 rings (SSSR count). The van der Waals surface area contributed by atoms with Crippen molar-refractivity contribution >= 4 is 11.6 Å². The molecular weight excluding hydrogens is 224 g/mol. The number of nitrogens with zero attached hydrogens (tertiary/aromatic N) is 1. The fraction of sp³-hybridized carbons (Fsp3) is 0.533. The zero-order chi connectivity index (χ0) is 13.5. The molecule has 0 aliphatic carbocycles. The minimum absolute atomic E-state index is 0.215. The number of amides is 1. The molecule has 0 heterocycles. The highest BCUT2D eigenvalue weighted by Gasteiger charge is 2.09. The Kier molecular flexibility index (Phi) is 5.69. The van der Waals surface area contributed by atoms with Gasteiger partial charge in [0.1, 0.15) is 0 Å². The lowest BCUT2D eigenvalue weighted by Crippen LogP contribution is -2.28. The number of aryl methyl sites for hydroxylation is 1. The molecule has 0 aliphatic heterocycles. The maximum Gasteiger partial charge on any atom is 0.222 e. The summed E-state index contributed by atoms with van der Waals surface area (Å²) < 4.78 is 0. The summed E-state index contributed by atoms with van der Waals surface area (Å²) in [6.07, 6.45) is 2.41. The van der Waals surface area contributed by atoms with Crippen molar-refractivity contribution < 1.29 is 4.79 Å². The number of nitrogen functional groups attached to an aromatic ring is 1. The van der Waals surface area contributed by atoms with Crippen LogP contribution in [0, 0.1) is 5.92 Å². The first-order valence-corrected chi connectivity index (χ1v) is 6.57. The SMILES string of the molecule is CC(C)CCN(C)C(=O)CCc1ccc(N)cc1. The van der Waals surface area contributed by atoms with Crippen LogP contribution in [0.5, 0.6) is 0 Å². The largest absolute Gasteiger partial charge is 0.399 e. The monoisotopic (exact) mass is 248 g/mol. The fourth-order valence-corrected chi connectivity index (χ4v) is 1.70. The standard InChI is InChI=1S/C15H24N2O/c1-12(2)10-11-17(3)15(18)9-6-13-4-7-14(16)8-5-13/h4-5,7-8,12H,6,9-11,16H2,1-3H3. The topological polar surface area (TPSA) is 46.3 Å². The van der Waals surface area contributed by atoms with Gasteiger partial charge in [0, 0.05) is 25.7 Å². The van der Waals surface area contributed by atoms with Crippen molar-refractivity contribution in [2.45, 2.75) is 33.1 Å². The third kappa shape index (κ3) is 5.21. The number of benzene rings is 1. The summed E-state index contributed by atoms with van der Waals surface area (Å²) in [5, 5.41) is 0. The summed E-state index contributed by atoms with van der Waals surface area (Å²) in [5.41, 5.74) is 7.55. The van der Waals surface area contributed by atoms with Gasteiger partial charge in [0.25, 0.3) is 0 Å². The number of nitrogens with two attached hydrogens (primary N) is 1. The van der Waals surface area contributed by atoms with E-state index in [4.69, 9.17) is 5.73 Å². The quantitative estimate of drug-likeness (QED) is 0.787. The van der Waals surface area contributed by atoms with E-state index in [-0.39, 0.29) is 5.91 Å². The van der Waals surface area contributed by atoms with Crippen LogP contribution in [-0.2, 0) is 11.2 Å². The minimum atomic E-state index is 0.215. The van der Waals surface area contributed by atoms with Crippen LogP contribution < -0.4 is 5.73 Å². The summed E-state index contributed by atoms with van der Waals surface area (Å²) in [6, 6.07) is 7.72. The van der Waals surface area contributed by atoms with Gasteiger partial charge in [-0.2, -0.15) is 0 Å². The smallest absolute Gasteiger partial charge is 0.222 e. The van der Waals surface area contributed by atoms with Gasteiger partial charge < -0.3 is 10.6 Å². The van der Waals surface area contributed by atoms with Crippen LogP contribution in [0.15, 0.2) is 24.3 Å². The van der Waals surface area contributed by atoms with Gasteiger partial charge in [-0.05, 0) is 36.5 Å². The Morgan fingerprint density at radius 3 is 2.44 bits per heavy atom. The van der Waals surface area contributed by atoms with E-state index in [0.29, 0.717) is 12.3 Å². The number of hydrogen-bond donors (Lipinski definition) is 1. The first kappa shape index (κ1) is 14.6.